The van der Waals surface area contributed by atoms with Crippen LogP contribution in [0.1, 0.15) is 5.56 Å². The SMILES string of the molecule is COC(=O)CN1C(=O)Cc2c([nH]c3ccccc23)-c2c(Br)cccc21. The van der Waals surface area contributed by atoms with Crippen LogP contribution in [-0.2, 0) is 20.7 Å². The zero-order valence-electron chi connectivity index (χ0n) is 13.5. The number of ether oxygens (including phenoxy) is 1. The predicted octanol–water partition coefficient (Wildman–Crippen LogP) is 3.66. The molecule has 3 aromatic rings. The average Bonchev–Trinajstić information content (AvgIpc) is 2.92. The minimum Gasteiger partial charge on any atom is -0.468 e. The fourth-order valence-corrected chi connectivity index (χ4v) is 3.88. The van der Waals surface area contributed by atoms with E-state index in [9.17, 15) is 9.59 Å². The standard InChI is InChI=1S/C19H15BrN2O3/c1-25-17(24)10-22-15-8-4-6-13(20)18(15)19-12(9-16(22)23)11-5-2-3-7-14(11)21-19/h2-8,21H,9-10H2,1H3. The number of H-pyrrole nitrogens is 1. The Balaban J connectivity index is 1.99. The van der Waals surface area contributed by atoms with Crippen LogP contribution in [0.5, 0.6) is 0 Å². The summed E-state index contributed by atoms with van der Waals surface area (Å²) < 4.78 is 5.63. The van der Waals surface area contributed by atoms with Crippen molar-refractivity contribution in [1.82, 2.24) is 4.98 Å². The van der Waals surface area contributed by atoms with E-state index < -0.39 is 5.97 Å². The molecule has 0 bridgehead atoms. The number of anilines is 1. The van der Waals surface area contributed by atoms with Crippen molar-refractivity contribution in [2.45, 2.75) is 6.42 Å². The summed E-state index contributed by atoms with van der Waals surface area (Å²) in [5, 5.41) is 1.02. The number of amides is 1. The monoisotopic (exact) mass is 398 g/mol. The summed E-state index contributed by atoms with van der Waals surface area (Å²) >= 11 is 3.60. The van der Waals surface area contributed by atoms with Crippen LogP contribution >= 0.6 is 15.9 Å². The molecule has 0 atom stereocenters. The molecule has 0 radical (unpaired) electrons. The number of nitrogens with zero attached hydrogens (tertiary/aromatic N) is 1. The first kappa shape index (κ1) is 15.9. The normalized spacial score (nSPS) is 13.4. The first-order valence-electron chi connectivity index (χ1n) is 7.86. The molecule has 0 spiro atoms. The van der Waals surface area contributed by atoms with Crippen LogP contribution in [0, 0.1) is 0 Å². The molecule has 6 heteroatoms. The Hall–Kier alpha value is -2.60. The fourth-order valence-electron chi connectivity index (χ4n) is 3.33. The summed E-state index contributed by atoms with van der Waals surface area (Å²) in [7, 11) is 1.32. The molecule has 2 aromatic carbocycles. The van der Waals surface area contributed by atoms with Gasteiger partial charge in [-0.15, -0.1) is 0 Å². The lowest BCUT2D eigenvalue weighted by atomic mass is 10.0. The van der Waals surface area contributed by atoms with Crippen LogP contribution < -0.4 is 4.90 Å². The van der Waals surface area contributed by atoms with Gasteiger partial charge in [0.2, 0.25) is 5.91 Å². The Morgan fingerprint density at radius 2 is 2.04 bits per heavy atom. The molecule has 4 rings (SSSR count). The van der Waals surface area contributed by atoms with Crippen molar-refractivity contribution in [3.8, 4) is 11.3 Å². The molecule has 1 aliphatic rings. The second-order valence-electron chi connectivity index (χ2n) is 5.89. The van der Waals surface area contributed by atoms with Gasteiger partial charge in [-0.1, -0.05) is 40.2 Å². The van der Waals surface area contributed by atoms with Gasteiger partial charge in [0.1, 0.15) is 6.54 Å². The summed E-state index contributed by atoms with van der Waals surface area (Å²) in [4.78, 5) is 29.7. The molecule has 126 valence electrons. The fraction of sp³-hybridized carbons (Fsp3) is 0.158. The van der Waals surface area contributed by atoms with E-state index in [2.05, 4.69) is 20.9 Å². The molecule has 1 amide bonds. The first-order chi connectivity index (χ1) is 12.1. The molecular formula is C19H15BrN2O3. The Morgan fingerprint density at radius 1 is 1.24 bits per heavy atom. The number of hydrogen-bond acceptors (Lipinski definition) is 3. The van der Waals surface area contributed by atoms with E-state index in [1.807, 2.05) is 42.5 Å². The molecule has 25 heavy (non-hydrogen) atoms. The number of carbonyl (C=O) groups is 2. The van der Waals surface area contributed by atoms with Crippen LogP contribution in [0.4, 0.5) is 5.69 Å². The topological polar surface area (TPSA) is 62.4 Å². The maximum atomic E-state index is 12.9. The van der Waals surface area contributed by atoms with E-state index in [4.69, 9.17) is 4.74 Å². The number of fused-ring (bicyclic) bond motifs is 5. The van der Waals surface area contributed by atoms with Crippen LogP contribution in [-0.4, -0.2) is 30.5 Å². The average molecular weight is 399 g/mol. The van der Waals surface area contributed by atoms with Gasteiger partial charge in [0.25, 0.3) is 0 Å². The van der Waals surface area contributed by atoms with Gasteiger partial charge in [-0.2, -0.15) is 0 Å². The van der Waals surface area contributed by atoms with E-state index in [1.165, 1.54) is 12.0 Å². The molecule has 2 heterocycles. The van der Waals surface area contributed by atoms with Crippen molar-refractivity contribution in [2.75, 3.05) is 18.6 Å². The highest BCUT2D eigenvalue weighted by Crippen LogP contribution is 2.43. The van der Waals surface area contributed by atoms with Crippen LogP contribution in [0.3, 0.4) is 0 Å². The summed E-state index contributed by atoms with van der Waals surface area (Å²) in [6.07, 6.45) is 0.220. The zero-order chi connectivity index (χ0) is 17.6. The maximum absolute atomic E-state index is 12.9. The number of halogens is 1. The highest BCUT2D eigenvalue weighted by Gasteiger charge is 2.31. The summed E-state index contributed by atoms with van der Waals surface area (Å²) in [6, 6.07) is 13.6. The predicted molar refractivity (Wildman–Crippen MR) is 99.5 cm³/mol. The summed E-state index contributed by atoms with van der Waals surface area (Å²) in [5.74, 6) is -0.581. The number of aromatic nitrogens is 1. The van der Waals surface area contributed by atoms with Crippen LogP contribution in [0.15, 0.2) is 46.9 Å². The minimum atomic E-state index is -0.449. The number of esters is 1. The molecule has 5 nitrogen and oxygen atoms in total. The smallest absolute Gasteiger partial charge is 0.325 e. The maximum Gasteiger partial charge on any atom is 0.325 e. The second-order valence-corrected chi connectivity index (χ2v) is 6.75. The van der Waals surface area contributed by atoms with Gasteiger partial charge in [0.05, 0.1) is 24.9 Å². The summed E-state index contributed by atoms with van der Waals surface area (Å²) in [5.41, 5.74) is 4.41. The third-order valence-corrected chi connectivity index (χ3v) is 5.15. The summed E-state index contributed by atoms with van der Waals surface area (Å²) in [6.45, 7) is -0.110. The van der Waals surface area contributed by atoms with E-state index in [0.29, 0.717) is 5.69 Å². The number of hydrogen-bond donors (Lipinski definition) is 1. The Kier molecular flexibility index (Phi) is 3.84. The van der Waals surface area contributed by atoms with Gasteiger partial charge in [0.15, 0.2) is 0 Å². The molecule has 0 saturated carbocycles. The van der Waals surface area contributed by atoms with Gasteiger partial charge in [-0.3, -0.25) is 9.59 Å². The molecule has 0 saturated heterocycles. The van der Waals surface area contributed by atoms with Crippen molar-refractivity contribution >= 4 is 44.4 Å². The quantitative estimate of drug-likeness (QED) is 0.669. The number of benzene rings is 2. The largest absolute Gasteiger partial charge is 0.468 e. The van der Waals surface area contributed by atoms with Gasteiger partial charge >= 0.3 is 5.97 Å². The molecule has 0 aliphatic carbocycles. The molecular weight excluding hydrogens is 384 g/mol. The number of aromatic amines is 1. The minimum absolute atomic E-state index is 0.110. The molecule has 1 aromatic heterocycles. The Labute approximate surface area is 152 Å². The van der Waals surface area contributed by atoms with E-state index in [0.717, 1.165) is 32.2 Å². The molecule has 1 N–H and O–H groups in total. The van der Waals surface area contributed by atoms with Gasteiger partial charge in [0, 0.05) is 20.9 Å². The highest BCUT2D eigenvalue weighted by molar-refractivity contribution is 9.10. The van der Waals surface area contributed by atoms with Crippen molar-refractivity contribution in [3.05, 3.63) is 52.5 Å². The second kappa shape index (κ2) is 6.04. The van der Waals surface area contributed by atoms with Crippen molar-refractivity contribution < 1.29 is 14.3 Å². The van der Waals surface area contributed by atoms with Crippen LogP contribution in [0.25, 0.3) is 22.2 Å². The number of para-hydroxylation sites is 1. The van der Waals surface area contributed by atoms with Gasteiger partial charge in [-0.05, 0) is 23.8 Å². The Morgan fingerprint density at radius 3 is 2.84 bits per heavy atom. The van der Waals surface area contributed by atoms with Crippen LogP contribution in [0.2, 0.25) is 0 Å². The van der Waals surface area contributed by atoms with E-state index >= 15 is 0 Å². The molecule has 0 fully saturated rings. The zero-order valence-corrected chi connectivity index (χ0v) is 15.1. The number of rotatable bonds is 2. The lowest BCUT2D eigenvalue weighted by Gasteiger charge is -2.22. The highest BCUT2D eigenvalue weighted by atomic mass is 79.9. The number of nitrogens with one attached hydrogen (secondary N) is 1. The van der Waals surface area contributed by atoms with E-state index in [1.54, 1.807) is 0 Å². The third-order valence-electron chi connectivity index (χ3n) is 4.49. The lowest BCUT2D eigenvalue weighted by molar-refractivity contribution is -0.140. The molecule has 0 unspecified atom stereocenters. The first-order valence-corrected chi connectivity index (χ1v) is 8.65. The molecule has 1 aliphatic heterocycles. The number of carbonyl (C=O) groups excluding carboxylic acids is 2. The van der Waals surface area contributed by atoms with E-state index in [-0.39, 0.29) is 18.9 Å². The van der Waals surface area contributed by atoms with Gasteiger partial charge in [-0.25, -0.2) is 0 Å². The van der Waals surface area contributed by atoms with Gasteiger partial charge < -0.3 is 14.6 Å². The van der Waals surface area contributed by atoms with Crippen molar-refractivity contribution in [3.63, 3.8) is 0 Å². The van der Waals surface area contributed by atoms with Crippen molar-refractivity contribution in [1.29, 1.82) is 0 Å². The Bertz CT molecular complexity index is 1010. The lowest BCUT2D eigenvalue weighted by Crippen LogP contribution is -2.36. The number of methoxy groups -OCH3 is 1. The third kappa shape index (κ3) is 2.53. The van der Waals surface area contributed by atoms with Crippen molar-refractivity contribution in [2.24, 2.45) is 0 Å².